The number of hydrogen-bond acceptors (Lipinski definition) is 4. The van der Waals surface area contributed by atoms with Crippen LogP contribution < -0.4 is 10.6 Å². The predicted molar refractivity (Wildman–Crippen MR) is 98.3 cm³/mol. The van der Waals surface area contributed by atoms with Gasteiger partial charge < -0.3 is 15.5 Å². The third-order valence-electron chi connectivity index (χ3n) is 3.96. The lowest BCUT2D eigenvalue weighted by atomic mass is 10.1. The van der Waals surface area contributed by atoms with Gasteiger partial charge in [-0.25, -0.2) is 4.98 Å². The van der Waals surface area contributed by atoms with Crippen LogP contribution in [0.2, 0.25) is 5.02 Å². The summed E-state index contributed by atoms with van der Waals surface area (Å²) < 4.78 is 0. The summed E-state index contributed by atoms with van der Waals surface area (Å²) in [4.78, 5) is 41.6. The molecule has 3 amide bonds. The molecular formula is C18H17ClN4O3. The Morgan fingerprint density at radius 2 is 2.12 bits per heavy atom. The predicted octanol–water partition coefficient (Wildman–Crippen LogP) is 2.25. The van der Waals surface area contributed by atoms with Crippen LogP contribution in [-0.4, -0.2) is 41.2 Å². The number of nitrogens with one attached hydrogen (secondary N) is 2. The summed E-state index contributed by atoms with van der Waals surface area (Å²) in [5.41, 5.74) is 2.55. The summed E-state index contributed by atoms with van der Waals surface area (Å²) in [6, 6.07) is 6.70. The minimum atomic E-state index is -0.399. The molecule has 2 heterocycles. The fourth-order valence-electron chi connectivity index (χ4n) is 2.69. The van der Waals surface area contributed by atoms with Crippen LogP contribution in [0.25, 0.3) is 0 Å². The molecule has 26 heavy (non-hydrogen) atoms. The molecule has 0 aliphatic carbocycles. The van der Waals surface area contributed by atoms with Crippen molar-refractivity contribution in [3.05, 3.63) is 52.2 Å². The maximum atomic E-state index is 12.6. The molecule has 0 fully saturated rings. The first kappa shape index (κ1) is 17.9. The Bertz CT molecular complexity index is 913. The summed E-state index contributed by atoms with van der Waals surface area (Å²) in [6.07, 6.45) is 1.80. The first-order valence-corrected chi connectivity index (χ1v) is 8.31. The molecule has 0 spiro atoms. The Balaban J connectivity index is 1.69. The number of likely N-dealkylation sites (N-methyl/N-ethyl adjacent to an activating group) is 1. The highest BCUT2D eigenvalue weighted by molar-refractivity contribution is 6.34. The maximum Gasteiger partial charge on any atom is 0.255 e. The zero-order valence-electron chi connectivity index (χ0n) is 14.3. The van der Waals surface area contributed by atoms with Crippen LogP contribution in [-0.2, 0) is 16.0 Å². The molecule has 2 N–H and O–H groups in total. The fourth-order valence-corrected chi connectivity index (χ4v) is 2.94. The molecule has 0 saturated carbocycles. The van der Waals surface area contributed by atoms with Crippen LogP contribution in [0.3, 0.4) is 0 Å². The summed E-state index contributed by atoms with van der Waals surface area (Å²) in [7, 11) is 1.51. The first-order chi connectivity index (χ1) is 12.3. The summed E-state index contributed by atoms with van der Waals surface area (Å²) in [5.74, 6) is -0.479. The van der Waals surface area contributed by atoms with E-state index in [4.69, 9.17) is 11.6 Å². The molecule has 0 atom stereocenters. The van der Waals surface area contributed by atoms with Crippen molar-refractivity contribution in [3.63, 3.8) is 0 Å². The van der Waals surface area contributed by atoms with Gasteiger partial charge >= 0.3 is 0 Å². The lowest BCUT2D eigenvalue weighted by Gasteiger charge is -2.18. The lowest BCUT2D eigenvalue weighted by Crippen LogP contribution is -2.35. The van der Waals surface area contributed by atoms with E-state index in [0.717, 1.165) is 5.56 Å². The minimum Gasteiger partial charge on any atom is -0.332 e. The molecule has 1 aliphatic heterocycles. The molecule has 7 nitrogen and oxygen atoms in total. The molecule has 0 bridgehead atoms. The van der Waals surface area contributed by atoms with Gasteiger partial charge in [-0.15, -0.1) is 0 Å². The smallest absolute Gasteiger partial charge is 0.255 e. The molecule has 134 valence electrons. The lowest BCUT2D eigenvalue weighted by molar-refractivity contribution is -0.117. The van der Waals surface area contributed by atoms with Crippen LogP contribution in [0, 0.1) is 6.92 Å². The van der Waals surface area contributed by atoms with E-state index >= 15 is 0 Å². The number of carbonyl (C=O) groups is 3. The number of aryl methyl sites for hydroxylation is 1. The number of rotatable bonds is 4. The van der Waals surface area contributed by atoms with Crippen molar-refractivity contribution in [1.29, 1.82) is 0 Å². The Morgan fingerprint density at radius 1 is 1.35 bits per heavy atom. The molecule has 2 aromatic rings. The van der Waals surface area contributed by atoms with Gasteiger partial charge in [0.05, 0.1) is 23.6 Å². The topological polar surface area (TPSA) is 91.4 Å². The number of aromatic nitrogens is 1. The number of halogens is 1. The molecule has 1 aromatic heterocycles. The quantitative estimate of drug-likeness (QED) is 0.861. The molecular weight excluding hydrogens is 356 g/mol. The molecule has 0 radical (unpaired) electrons. The average Bonchev–Trinajstić information content (AvgIpc) is 2.92. The van der Waals surface area contributed by atoms with Gasteiger partial charge in [-0.1, -0.05) is 11.6 Å². The number of amides is 3. The van der Waals surface area contributed by atoms with E-state index in [0.29, 0.717) is 17.1 Å². The van der Waals surface area contributed by atoms with E-state index in [1.165, 1.54) is 11.9 Å². The van der Waals surface area contributed by atoms with Crippen LogP contribution in [0.1, 0.15) is 21.5 Å². The third-order valence-corrected chi connectivity index (χ3v) is 4.27. The monoisotopic (exact) mass is 372 g/mol. The van der Waals surface area contributed by atoms with E-state index in [1.54, 1.807) is 24.4 Å². The average molecular weight is 373 g/mol. The van der Waals surface area contributed by atoms with Gasteiger partial charge in [0.25, 0.3) is 5.91 Å². The third kappa shape index (κ3) is 3.83. The van der Waals surface area contributed by atoms with E-state index in [1.807, 2.05) is 13.0 Å². The van der Waals surface area contributed by atoms with Gasteiger partial charge in [0.15, 0.2) is 0 Å². The summed E-state index contributed by atoms with van der Waals surface area (Å²) in [5, 5.41) is 5.55. The number of carbonyl (C=O) groups excluding carboxylic acids is 3. The van der Waals surface area contributed by atoms with Crippen molar-refractivity contribution >= 4 is 40.8 Å². The SMILES string of the molecule is Cc1ccnc(NC(=O)CN(C)C(=O)c2cc3c(cc2Cl)NC(=O)C3)c1. The second kappa shape index (κ2) is 7.13. The molecule has 1 aliphatic rings. The van der Waals surface area contributed by atoms with Crippen molar-refractivity contribution in [3.8, 4) is 0 Å². The van der Waals surface area contributed by atoms with E-state index in [-0.39, 0.29) is 35.4 Å². The van der Waals surface area contributed by atoms with Gasteiger partial charge in [-0.05, 0) is 42.3 Å². The standard InChI is InChI=1S/C18H17ClN4O3/c1-10-3-4-20-15(5-10)22-17(25)9-23(2)18(26)12-6-11-7-16(24)21-14(11)8-13(12)19/h3-6,8H,7,9H2,1-2H3,(H,21,24)(H,20,22,25). The Kier molecular flexibility index (Phi) is 4.90. The van der Waals surface area contributed by atoms with Gasteiger partial charge in [-0.2, -0.15) is 0 Å². The number of fused-ring (bicyclic) bond motifs is 1. The molecule has 3 rings (SSSR count). The van der Waals surface area contributed by atoms with Crippen molar-refractivity contribution in [2.45, 2.75) is 13.3 Å². The van der Waals surface area contributed by atoms with Crippen LogP contribution in [0.15, 0.2) is 30.5 Å². The van der Waals surface area contributed by atoms with Crippen LogP contribution in [0.4, 0.5) is 11.5 Å². The zero-order chi connectivity index (χ0) is 18.8. The molecule has 0 unspecified atom stereocenters. The minimum absolute atomic E-state index is 0.140. The van der Waals surface area contributed by atoms with Gasteiger partial charge in [0.2, 0.25) is 11.8 Å². The van der Waals surface area contributed by atoms with Gasteiger partial charge in [-0.3, -0.25) is 14.4 Å². The largest absolute Gasteiger partial charge is 0.332 e. The highest BCUT2D eigenvalue weighted by Crippen LogP contribution is 2.30. The van der Waals surface area contributed by atoms with Crippen molar-refractivity contribution in [2.75, 3.05) is 24.2 Å². The fraction of sp³-hybridized carbons (Fsp3) is 0.222. The van der Waals surface area contributed by atoms with Gasteiger partial charge in [0.1, 0.15) is 5.82 Å². The molecule has 1 aromatic carbocycles. The van der Waals surface area contributed by atoms with Crippen LogP contribution >= 0.6 is 11.6 Å². The molecule has 8 heteroatoms. The Morgan fingerprint density at radius 3 is 2.85 bits per heavy atom. The van der Waals surface area contributed by atoms with Gasteiger partial charge in [0, 0.05) is 18.9 Å². The normalized spacial score (nSPS) is 12.3. The first-order valence-electron chi connectivity index (χ1n) is 7.93. The van der Waals surface area contributed by atoms with Crippen LogP contribution in [0.5, 0.6) is 0 Å². The Hall–Kier alpha value is -2.93. The highest BCUT2D eigenvalue weighted by atomic mass is 35.5. The van der Waals surface area contributed by atoms with E-state index < -0.39 is 5.91 Å². The van der Waals surface area contributed by atoms with E-state index in [2.05, 4.69) is 15.6 Å². The summed E-state index contributed by atoms with van der Waals surface area (Å²) >= 11 is 6.17. The van der Waals surface area contributed by atoms with Crippen molar-refractivity contribution in [1.82, 2.24) is 9.88 Å². The maximum absolute atomic E-state index is 12.6. The Labute approximate surface area is 155 Å². The number of anilines is 2. The van der Waals surface area contributed by atoms with Crippen molar-refractivity contribution < 1.29 is 14.4 Å². The van der Waals surface area contributed by atoms with E-state index in [9.17, 15) is 14.4 Å². The number of pyridine rings is 1. The number of benzene rings is 1. The highest BCUT2D eigenvalue weighted by Gasteiger charge is 2.24. The van der Waals surface area contributed by atoms with Crippen molar-refractivity contribution in [2.24, 2.45) is 0 Å². The second-order valence-corrected chi connectivity index (χ2v) is 6.55. The number of nitrogens with zero attached hydrogens (tertiary/aromatic N) is 2. The zero-order valence-corrected chi connectivity index (χ0v) is 15.1. The second-order valence-electron chi connectivity index (χ2n) is 6.14. The molecule has 0 saturated heterocycles. The number of hydrogen-bond donors (Lipinski definition) is 2. The summed E-state index contributed by atoms with van der Waals surface area (Å²) in [6.45, 7) is 1.74.